The summed E-state index contributed by atoms with van der Waals surface area (Å²) in [6.07, 6.45) is 3.43. The van der Waals surface area contributed by atoms with Crippen molar-refractivity contribution < 1.29 is 9.84 Å². The molecule has 2 heteroatoms. The maximum atomic E-state index is 9.54. The fourth-order valence-corrected chi connectivity index (χ4v) is 2.15. The van der Waals surface area contributed by atoms with Crippen LogP contribution in [0.15, 0.2) is 36.4 Å². The van der Waals surface area contributed by atoms with Crippen LogP contribution < -0.4 is 4.74 Å². The lowest BCUT2D eigenvalue weighted by Crippen LogP contribution is -2.00. The van der Waals surface area contributed by atoms with E-state index in [-0.39, 0.29) is 6.61 Å². The fraction of sp³-hybridized carbons (Fsp3) is 0.375. The molecule has 2 aromatic rings. The average molecular weight is 244 g/mol. The Hall–Kier alpha value is -1.54. The second-order valence-corrected chi connectivity index (χ2v) is 4.48. The molecule has 0 aliphatic heterocycles. The molecular formula is C16H20O2. The van der Waals surface area contributed by atoms with Crippen LogP contribution in [-0.4, -0.2) is 11.7 Å². The van der Waals surface area contributed by atoms with Crippen molar-refractivity contribution in [3.63, 3.8) is 0 Å². The highest BCUT2D eigenvalue weighted by atomic mass is 16.5. The number of aliphatic hydroxyl groups is 1. The highest BCUT2D eigenvalue weighted by molar-refractivity contribution is 5.87. The molecule has 2 rings (SSSR count). The molecule has 0 amide bonds. The lowest BCUT2D eigenvalue weighted by Gasteiger charge is -2.12. The molecule has 1 N–H and O–H groups in total. The SMILES string of the molecule is CCCCCOc1ccc2ccccc2c1CO. The van der Waals surface area contributed by atoms with Crippen molar-refractivity contribution in [3.05, 3.63) is 42.0 Å². The van der Waals surface area contributed by atoms with E-state index >= 15 is 0 Å². The maximum absolute atomic E-state index is 9.54. The van der Waals surface area contributed by atoms with Crippen molar-refractivity contribution in [1.29, 1.82) is 0 Å². The maximum Gasteiger partial charge on any atom is 0.125 e. The summed E-state index contributed by atoms with van der Waals surface area (Å²) in [6.45, 7) is 2.92. The Morgan fingerprint density at radius 2 is 1.89 bits per heavy atom. The van der Waals surface area contributed by atoms with Gasteiger partial charge in [0.25, 0.3) is 0 Å². The highest BCUT2D eigenvalue weighted by Gasteiger charge is 2.07. The van der Waals surface area contributed by atoms with Gasteiger partial charge in [-0.15, -0.1) is 0 Å². The topological polar surface area (TPSA) is 29.5 Å². The van der Waals surface area contributed by atoms with Crippen LogP contribution in [0.4, 0.5) is 0 Å². The number of benzene rings is 2. The zero-order valence-corrected chi connectivity index (χ0v) is 10.9. The van der Waals surface area contributed by atoms with E-state index in [0.717, 1.165) is 35.1 Å². The minimum atomic E-state index is 0.0183. The number of rotatable bonds is 6. The Bertz CT molecular complexity index is 505. The summed E-state index contributed by atoms with van der Waals surface area (Å²) in [4.78, 5) is 0. The van der Waals surface area contributed by atoms with Gasteiger partial charge in [-0.3, -0.25) is 0 Å². The predicted molar refractivity (Wildman–Crippen MR) is 74.9 cm³/mol. The molecule has 0 aliphatic rings. The third kappa shape index (κ3) is 2.82. The average Bonchev–Trinajstić information content (AvgIpc) is 2.43. The molecular weight excluding hydrogens is 224 g/mol. The minimum absolute atomic E-state index is 0.0183. The van der Waals surface area contributed by atoms with Crippen LogP contribution in [0.2, 0.25) is 0 Å². The molecule has 18 heavy (non-hydrogen) atoms. The quantitative estimate of drug-likeness (QED) is 0.781. The zero-order chi connectivity index (χ0) is 12.8. The zero-order valence-electron chi connectivity index (χ0n) is 10.9. The van der Waals surface area contributed by atoms with Gasteiger partial charge in [-0.1, -0.05) is 50.1 Å². The van der Waals surface area contributed by atoms with E-state index in [9.17, 15) is 5.11 Å². The van der Waals surface area contributed by atoms with E-state index in [0.29, 0.717) is 0 Å². The Morgan fingerprint density at radius 1 is 1.06 bits per heavy atom. The van der Waals surface area contributed by atoms with Crippen molar-refractivity contribution in [1.82, 2.24) is 0 Å². The monoisotopic (exact) mass is 244 g/mol. The van der Waals surface area contributed by atoms with Crippen molar-refractivity contribution in [2.45, 2.75) is 32.8 Å². The second-order valence-electron chi connectivity index (χ2n) is 4.48. The lowest BCUT2D eigenvalue weighted by molar-refractivity contribution is 0.262. The molecule has 0 bridgehead atoms. The normalized spacial score (nSPS) is 10.8. The molecule has 0 saturated carbocycles. The summed E-state index contributed by atoms with van der Waals surface area (Å²) in [5, 5.41) is 11.8. The first-order chi connectivity index (χ1) is 8.86. The van der Waals surface area contributed by atoms with Crippen molar-refractivity contribution >= 4 is 10.8 Å². The number of hydrogen-bond acceptors (Lipinski definition) is 2. The molecule has 0 radical (unpaired) electrons. The van der Waals surface area contributed by atoms with Gasteiger partial charge in [-0.2, -0.15) is 0 Å². The molecule has 0 aliphatic carbocycles. The molecule has 2 aromatic carbocycles. The molecule has 0 heterocycles. The standard InChI is InChI=1S/C16H20O2/c1-2-3-6-11-18-16-10-9-13-7-4-5-8-14(13)15(16)12-17/h4-5,7-10,17H,2-3,6,11-12H2,1H3. The van der Waals surface area contributed by atoms with Gasteiger partial charge >= 0.3 is 0 Å². The van der Waals surface area contributed by atoms with Gasteiger partial charge < -0.3 is 9.84 Å². The first kappa shape index (κ1) is 12.9. The molecule has 0 unspecified atom stereocenters. The summed E-state index contributed by atoms with van der Waals surface area (Å²) in [5.74, 6) is 0.812. The molecule has 0 atom stereocenters. The van der Waals surface area contributed by atoms with Gasteiger partial charge in [0.2, 0.25) is 0 Å². The third-order valence-electron chi connectivity index (χ3n) is 3.16. The Balaban J connectivity index is 2.22. The van der Waals surface area contributed by atoms with E-state index in [1.54, 1.807) is 0 Å². The number of ether oxygens (including phenoxy) is 1. The van der Waals surface area contributed by atoms with E-state index < -0.39 is 0 Å². The number of aliphatic hydroxyl groups excluding tert-OH is 1. The largest absolute Gasteiger partial charge is 0.493 e. The molecule has 0 fully saturated rings. The Morgan fingerprint density at radius 3 is 2.67 bits per heavy atom. The predicted octanol–water partition coefficient (Wildman–Crippen LogP) is 3.90. The van der Waals surface area contributed by atoms with Crippen LogP contribution in [-0.2, 0) is 6.61 Å². The molecule has 96 valence electrons. The van der Waals surface area contributed by atoms with Gasteiger partial charge in [0.1, 0.15) is 5.75 Å². The Kier molecular flexibility index (Phi) is 4.59. The van der Waals surface area contributed by atoms with E-state index in [1.807, 2.05) is 30.3 Å². The van der Waals surface area contributed by atoms with Crippen LogP contribution in [0.5, 0.6) is 5.75 Å². The van der Waals surface area contributed by atoms with Gasteiger partial charge in [-0.05, 0) is 23.3 Å². The van der Waals surface area contributed by atoms with Crippen molar-refractivity contribution in [2.24, 2.45) is 0 Å². The Labute approximate surface area is 108 Å². The van der Waals surface area contributed by atoms with E-state index in [1.165, 1.54) is 12.8 Å². The van der Waals surface area contributed by atoms with E-state index in [4.69, 9.17) is 4.74 Å². The van der Waals surface area contributed by atoms with Crippen molar-refractivity contribution in [3.8, 4) is 5.75 Å². The summed E-state index contributed by atoms with van der Waals surface area (Å²) in [5.41, 5.74) is 0.893. The van der Waals surface area contributed by atoms with Crippen LogP contribution in [0.25, 0.3) is 10.8 Å². The van der Waals surface area contributed by atoms with Gasteiger partial charge in [0.05, 0.1) is 13.2 Å². The smallest absolute Gasteiger partial charge is 0.125 e. The number of fused-ring (bicyclic) bond motifs is 1. The summed E-state index contributed by atoms with van der Waals surface area (Å²) >= 11 is 0. The molecule has 0 aromatic heterocycles. The van der Waals surface area contributed by atoms with E-state index in [2.05, 4.69) is 13.0 Å². The van der Waals surface area contributed by atoms with Gasteiger partial charge in [-0.25, -0.2) is 0 Å². The lowest BCUT2D eigenvalue weighted by atomic mass is 10.0. The number of hydrogen-bond donors (Lipinski definition) is 1. The molecule has 2 nitrogen and oxygen atoms in total. The highest BCUT2D eigenvalue weighted by Crippen LogP contribution is 2.28. The third-order valence-corrected chi connectivity index (χ3v) is 3.16. The minimum Gasteiger partial charge on any atom is -0.493 e. The van der Waals surface area contributed by atoms with Crippen LogP contribution in [0, 0.1) is 0 Å². The second kappa shape index (κ2) is 6.41. The van der Waals surface area contributed by atoms with Gasteiger partial charge in [0, 0.05) is 5.56 Å². The van der Waals surface area contributed by atoms with Crippen LogP contribution >= 0.6 is 0 Å². The number of unbranched alkanes of at least 4 members (excludes halogenated alkanes) is 2. The summed E-state index contributed by atoms with van der Waals surface area (Å²) in [6, 6.07) is 12.1. The van der Waals surface area contributed by atoms with Crippen molar-refractivity contribution in [2.75, 3.05) is 6.61 Å². The summed E-state index contributed by atoms with van der Waals surface area (Å²) in [7, 11) is 0. The molecule has 0 saturated heterocycles. The van der Waals surface area contributed by atoms with Crippen LogP contribution in [0.3, 0.4) is 0 Å². The first-order valence-corrected chi connectivity index (χ1v) is 6.61. The van der Waals surface area contributed by atoms with Gasteiger partial charge in [0.15, 0.2) is 0 Å². The first-order valence-electron chi connectivity index (χ1n) is 6.61. The van der Waals surface area contributed by atoms with Crippen LogP contribution in [0.1, 0.15) is 31.7 Å². The summed E-state index contributed by atoms with van der Waals surface area (Å²) < 4.78 is 5.78. The fourth-order valence-electron chi connectivity index (χ4n) is 2.15. The molecule has 0 spiro atoms.